The molecule has 1 aromatic heterocycles. The van der Waals surface area contributed by atoms with Crippen LogP contribution in [0.4, 0.5) is 0 Å². The van der Waals surface area contributed by atoms with Gasteiger partial charge in [0.2, 0.25) is 0 Å². The lowest BCUT2D eigenvalue weighted by molar-refractivity contribution is -0.133. The van der Waals surface area contributed by atoms with Crippen molar-refractivity contribution in [3.63, 3.8) is 0 Å². The van der Waals surface area contributed by atoms with E-state index in [-0.39, 0.29) is 5.75 Å². The van der Waals surface area contributed by atoms with Crippen LogP contribution in [0.1, 0.15) is 31.9 Å². The summed E-state index contributed by atoms with van der Waals surface area (Å²) in [6.45, 7) is 6.43. The lowest BCUT2D eigenvalue weighted by atomic mass is 10.4. The van der Waals surface area contributed by atoms with Crippen molar-refractivity contribution in [2.75, 3.05) is 19.0 Å². The van der Waals surface area contributed by atoms with Gasteiger partial charge in [-0.05, 0) is 19.8 Å². The van der Waals surface area contributed by atoms with E-state index < -0.39 is 5.97 Å². The Morgan fingerprint density at radius 3 is 2.89 bits per heavy atom. The second kappa shape index (κ2) is 8.98. The summed E-state index contributed by atoms with van der Waals surface area (Å²) >= 11 is 1.26. The fourth-order valence-electron chi connectivity index (χ4n) is 1.61. The highest BCUT2D eigenvalue weighted by molar-refractivity contribution is 7.99. The number of imidazole rings is 1. The van der Waals surface area contributed by atoms with Crippen molar-refractivity contribution in [3.05, 3.63) is 11.9 Å². The highest BCUT2D eigenvalue weighted by Crippen LogP contribution is 2.17. The first kappa shape index (κ1) is 16.0. The molecule has 0 aliphatic heterocycles. The van der Waals surface area contributed by atoms with Gasteiger partial charge in [-0.1, -0.05) is 25.1 Å². The quantitative estimate of drug-likeness (QED) is 0.529. The second-order valence-electron chi connectivity index (χ2n) is 4.36. The maximum atomic E-state index is 10.6. The Bertz CT molecular complexity index is 393. The molecule has 0 unspecified atom stereocenters. The zero-order chi connectivity index (χ0) is 14.1. The van der Waals surface area contributed by atoms with Gasteiger partial charge in [0.25, 0.3) is 0 Å². The third kappa shape index (κ3) is 6.63. The fourth-order valence-corrected chi connectivity index (χ4v) is 2.38. The predicted molar refractivity (Wildman–Crippen MR) is 75.7 cm³/mol. The van der Waals surface area contributed by atoms with E-state index >= 15 is 0 Å². The average molecular weight is 286 g/mol. The van der Waals surface area contributed by atoms with Crippen LogP contribution in [0.5, 0.6) is 0 Å². The third-order valence-electron chi connectivity index (χ3n) is 2.52. The molecule has 1 rings (SSSR count). The molecule has 0 atom stereocenters. The Hall–Kier alpha value is -1.01. The summed E-state index contributed by atoms with van der Waals surface area (Å²) in [7, 11) is 0. The SMILES string of the molecule is CCCCOCCCn1cc(C)nc1SCC(=O)O. The van der Waals surface area contributed by atoms with Gasteiger partial charge in [0.15, 0.2) is 5.16 Å². The van der Waals surface area contributed by atoms with E-state index in [0.717, 1.165) is 49.9 Å². The summed E-state index contributed by atoms with van der Waals surface area (Å²) in [4.78, 5) is 14.9. The van der Waals surface area contributed by atoms with Gasteiger partial charge in [-0.25, -0.2) is 4.98 Å². The van der Waals surface area contributed by atoms with Crippen molar-refractivity contribution in [2.24, 2.45) is 0 Å². The predicted octanol–water partition coefficient (Wildman–Crippen LogP) is 2.58. The molecule has 0 aromatic carbocycles. The number of aryl methyl sites for hydroxylation is 2. The molecule has 0 aliphatic carbocycles. The first-order valence-corrected chi connectivity index (χ1v) is 7.58. The molecule has 0 saturated carbocycles. The zero-order valence-electron chi connectivity index (χ0n) is 11.6. The molecule has 1 heterocycles. The van der Waals surface area contributed by atoms with Crippen LogP contribution in [0, 0.1) is 6.92 Å². The second-order valence-corrected chi connectivity index (χ2v) is 5.30. The van der Waals surface area contributed by atoms with E-state index in [1.165, 1.54) is 11.8 Å². The Morgan fingerprint density at radius 2 is 2.21 bits per heavy atom. The van der Waals surface area contributed by atoms with E-state index in [2.05, 4.69) is 11.9 Å². The molecule has 0 aliphatic rings. The molecule has 0 radical (unpaired) electrons. The molecule has 0 saturated heterocycles. The topological polar surface area (TPSA) is 64.4 Å². The number of carboxylic acids is 1. The van der Waals surface area contributed by atoms with Gasteiger partial charge in [0, 0.05) is 26.0 Å². The van der Waals surface area contributed by atoms with Crippen molar-refractivity contribution >= 4 is 17.7 Å². The van der Waals surface area contributed by atoms with E-state index in [4.69, 9.17) is 9.84 Å². The van der Waals surface area contributed by atoms with E-state index in [9.17, 15) is 4.79 Å². The van der Waals surface area contributed by atoms with Crippen molar-refractivity contribution in [1.82, 2.24) is 9.55 Å². The maximum Gasteiger partial charge on any atom is 0.313 e. The largest absolute Gasteiger partial charge is 0.481 e. The van der Waals surface area contributed by atoms with E-state index in [1.807, 2.05) is 17.7 Å². The molecule has 0 fully saturated rings. The Balaban J connectivity index is 2.33. The minimum Gasteiger partial charge on any atom is -0.481 e. The number of rotatable bonds is 10. The van der Waals surface area contributed by atoms with Gasteiger partial charge in [0.05, 0.1) is 11.4 Å². The fraction of sp³-hybridized carbons (Fsp3) is 0.692. The van der Waals surface area contributed by atoms with Crippen molar-refractivity contribution in [3.8, 4) is 0 Å². The van der Waals surface area contributed by atoms with Crippen molar-refractivity contribution < 1.29 is 14.6 Å². The summed E-state index contributed by atoms with van der Waals surface area (Å²) in [5, 5.41) is 9.46. The Kier molecular flexibility index (Phi) is 7.59. The van der Waals surface area contributed by atoms with Crippen LogP contribution < -0.4 is 0 Å². The molecule has 0 amide bonds. The summed E-state index contributed by atoms with van der Waals surface area (Å²) in [6, 6.07) is 0. The van der Waals surface area contributed by atoms with Crippen molar-refractivity contribution in [1.29, 1.82) is 0 Å². The van der Waals surface area contributed by atoms with Gasteiger partial charge < -0.3 is 14.4 Å². The Labute approximate surface area is 118 Å². The summed E-state index contributed by atoms with van der Waals surface area (Å²) in [5.74, 6) is -0.774. The maximum absolute atomic E-state index is 10.6. The molecule has 1 N–H and O–H groups in total. The molecule has 108 valence electrons. The van der Waals surface area contributed by atoms with Gasteiger partial charge in [-0.3, -0.25) is 4.79 Å². The van der Waals surface area contributed by atoms with E-state index in [1.54, 1.807) is 0 Å². The van der Waals surface area contributed by atoms with Crippen LogP contribution in [0.25, 0.3) is 0 Å². The number of aliphatic carboxylic acids is 1. The minimum atomic E-state index is -0.819. The van der Waals surface area contributed by atoms with Crippen LogP contribution in [0.15, 0.2) is 11.4 Å². The van der Waals surface area contributed by atoms with Gasteiger partial charge >= 0.3 is 5.97 Å². The summed E-state index contributed by atoms with van der Waals surface area (Å²) in [6.07, 6.45) is 5.12. The molecule has 6 heteroatoms. The first-order valence-electron chi connectivity index (χ1n) is 6.59. The van der Waals surface area contributed by atoms with Gasteiger partial charge in [-0.2, -0.15) is 0 Å². The smallest absolute Gasteiger partial charge is 0.313 e. The van der Waals surface area contributed by atoms with E-state index in [0.29, 0.717) is 0 Å². The lowest BCUT2D eigenvalue weighted by Gasteiger charge is -2.07. The van der Waals surface area contributed by atoms with Crippen LogP contribution in [0.2, 0.25) is 0 Å². The molecule has 0 spiro atoms. The number of carboxylic acid groups (broad SMARTS) is 1. The minimum absolute atomic E-state index is 0.0451. The number of unbranched alkanes of at least 4 members (excludes halogenated alkanes) is 1. The van der Waals surface area contributed by atoms with Crippen molar-refractivity contribution in [2.45, 2.75) is 44.8 Å². The summed E-state index contributed by atoms with van der Waals surface area (Å²) in [5.41, 5.74) is 0.916. The standard InChI is InChI=1S/C13H22N2O3S/c1-3-4-7-18-8-5-6-15-9-11(2)14-13(15)19-10-12(16)17/h9H,3-8,10H2,1-2H3,(H,16,17). The zero-order valence-corrected chi connectivity index (χ0v) is 12.4. The number of hydrogen-bond donors (Lipinski definition) is 1. The molecule has 1 aromatic rings. The van der Waals surface area contributed by atoms with Crippen LogP contribution in [0.3, 0.4) is 0 Å². The number of ether oxygens (including phenoxy) is 1. The number of carbonyl (C=O) groups is 1. The van der Waals surface area contributed by atoms with Crippen LogP contribution in [-0.4, -0.2) is 39.6 Å². The molecular formula is C13H22N2O3S. The highest BCUT2D eigenvalue weighted by atomic mass is 32.2. The summed E-state index contributed by atoms with van der Waals surface area (Å²) < 4.78 is 7.51. The average Bonchev–Trinajstić information content (AvgIpc) is 2.71. The van der Waals surface area contributed by atoms with Crippen LogP contribution in [-0.2, 0) is 16.1 Å². The highest BCUT2D eigenvalue weighted by Gasteiger charge is 2.08. The third-order valence-corrected chi connectivity index (χ3v) is 3.49. The first-order chi connectivity index (χ1) is 9.13. The lowest BCUT2D eigenvalue weighted by Crippen LogP contribution is -2.05. The number of hydrogen-bond acceptors (Lipinski definition) is 4. The normalized spacial score (nSPS) is 10.8. The number of nitrogens with zero attached hydrogens (tertiary/aromatic N) is 2. The number of aromatic nitrogens is 2. The van der Waals surface area contributed by atoms with Gasteiger partial charge in [0.1, 0.15) is 0 Å². The Morgan fingerprint density at radius 1 is 1.47 bits per heavy atom. The number of thioether (sulfide) groups is 1. The van der Waals surface area contributed by atoms with Crippen LogP contribution >= 0.6 is 11.8 Å². The molecular weight excluding hydrogens is 264 g/mol. The molecule has 19 heavy (non-hydrogen) atoms. The van der Waals surface area contributed by atoms with Gasteiger partial charge in [-0.15, -0.1) is 0 Å². The molecule has 5 nitrogen and oxygen atoms in total. The molecule has 0 bridgehead atoms. The monoisotopic (exact) mass is 286 g/mol.